The minimum atomic E-state index is 0.141. The van der Waals surface area contributed by atoms with E-state index in [-0.39, 0.29) is 6.04 Å². The van der Waals surface area contributed by atoms with E-state index in [2.05, 4.69) is 55.5 Å². The summed E-state index contributed by atoms with van der Waals surface area (Å²) in [5, 5.41) is 11.3. The molecule has 5 heteroatoms. The van der Waals surface area contributed by atoms with Crippen molar-refractivity contribution < 1.29 is 0 Å². The van der Waals surface area contributed by atoms with Gasteiger partial charge in [-0.2, -0.15) is 5.10 Å². The molecule has 1 N–H and O–H groups in total. The minimum Gasteiger partial charge on any atom is -0.346 e. The van der Waals surface area contributed by atoms with Gasteiger partial charge in [-0.05, 0) is 38.5 Å². The second kappa shape index (κ2) is 5.44. The minimum absolute atomic E-state index is 0.141. The maximum absolute atomic E-state index is 4.36. The lowest BCUT2D eigenvalue weighted by molar-refractivity contribution is 0.820. The predicted molar refractivity (Wildman–Crippen MR) is 75.5 cm³/mol. The zero-order valence-electron chi connectivity index (χ0n) is 10.6. The smallest absolute Gasteiger partial charge is 0.243 e. The highest BCUT2D eigenvalue weighted by Gasteiger charge is 2.08. The summed E-state index contributed by atoms with van der Waals surface area (Å²) >= 11 is 3.42. The van der Waals surface area contributed by atoms with E-state index in [1.165, 1.54) is 5.56 Å². The predicted octanol–water partition coefficient (Wildman–Crippen LogP) is 3.42. The Balaban J connectivity index is 2.13. The summed E-state index contributed by atoms with van der Waals surface area (Å²) in [6.07, 6.45) is 0. The second-order valence-electron chi connectivity index (χ2n) is 4.22. The van der Waals surface area contributed by atoms with E-state index < -0.39 is 0 Å². The molecule has 0 spiro atoms. The average Bonchev–Trinajstić information content (AvgIpc) is 2.34. The maximum Gasteiger partial charge on any atom is 0.243 e. The number of rotatable bonds is 3. The molecule has 0 radical (unpaired) electrons. The first-order chi connectivity index (χ1) is 8.56. The van der Waals surface area contributed by atoms with Crippen LogP contribution in [-0.4, -0.2) is 15.2 Å². The SMILES string of the molecule is Cc1nnc(NC(C)c2ccc(Br)cc2)nc1C. The summed E-state index contributed by atoms with van der Waals surface area (Å²) in [5.41, 5.74) is 2.94. The first-order valence-corrected chi connectivity index (χ1v) is 6.55. The van der Waals surface area contributed by atoms with Gasteiger partial charge in [-0.3, -0.25) is 0 Å². The number of nitrogens with one attached hydrogen (secondary N) is 1. The van der Waals surface area contributed by atoms with Gasteiger partial charge in [0.1, 0.15) is 0 Å². The van der Waals surface area contributed by atoms with Crippen LogP contribution in [0.2, 0.25) is 0 Å². The first kappa shape index (κ1) is 13.0. The van der Waals surface area contributed by atoms with Crippen molar-refractivity contribution >= 4 is 21.9 Å². The Hall–Kier alpha value is -1.49. The Labute approximate surface area is 115 Å². The number of aryl methyl sites for hydroxylation is 2. The third-order valence-corrected chi connectivity index (χ3v) is 3.34. The molecular weight excluding hydrogens is 292 g/mol. The molecule has 1 heterocycles. The van der Waals surface area contributed by atoms with E-state index in [1.54, 1.807) is 0 Å². The molecule has 0 saturated heterocycles. The molecule has 4 nitrogen and oxygen atoms in total. The standard InChI is InChI=1S/C13H15BrN4/c1-8-9(2)17-18-13(15-8)16-10(3)11-4-6-12(14)7-5-11/h4-7,10H,1-3H3,(H,15,16,18). The van der Waals surface area contributed by atoms with Gasteiger partial charge in [0.25, 0.3) is 0 Å². The summed E-state index contributed by atoms with van der Waals surface area (Å²) in [4.78, 5) is 4.36. The van der Waals surface area contributed by atoms with Crippen LogP contribution >= 0.6 is 15.9 Å². The van der Waals surface area contributed by atoms with Crippen LogP contribution in [0.15, 0.2) is 28.7 Å². The Morgan fingerprint density at radius 1 is 1.06 bits per heavy atom. The highest BCUT2D eigenvalue weighted by molar-refractivity contribution is 9.10. The summed E-state index contributed by atoms with van der Waals surface area (Å²) < 4.78 is 1.07. The third kappa shape index (κ3) is 3.04. The molecule has 1 aromatic heterocycles. The number of halogens is 1. The molecular formula is C13H15BrN4. The lowest BCUT2D eigenvalue weighted by Gasteiger charge is -2.14. The topological polar surface area (TPSA) is 50.7 Å². The molecule has 1 atom stereocenters. The van der Waals surface area contributed by atoms with Crippen molar-refractivity contribution in [1.29, 1.82) is 0 Å². The number of hydrogen-bond acceptors (Lipinski definition) is 4. The van der Waals surface area contributed by atoms with Gasteiger partial charge in [0.2, 0.25) is 5.95 Å². The van der Waals surface area contributed by atoms with Gasteiger partial charge in [-0.25, -0.2) is 4.98 Å². The van der Waals surface area contributed by atoms with Crippen molar-refractivity contribution in [1.82, 2.24) is 15.2 Å². The highest BCUT2D eigenvalue weighted by Crippen LogP contribution is 2.19. The Morgan fingerprint density at radius 3 is 2.33 bits per heavy atom. The monoisotopic (exact) mass is 306 g/mol. The van der Waals surface area contributed by atoms with Crippen LogP contribution in [-0.2, 0) is 0 Å². The highest BCUT2D eigenvalue weighted by atomic mass is 79.9. The number of hydrogen-bond donors (Lipinski definition) is 1. The van der Waals surface area contributed by atoms with Crippen LogP contribution in [0.4, 0.5) is 5.95 Å². The Bertz CT molecular complexity index is 539. The number of anilines is 1. The van der Waals surface area contributed by atoms with Gasteiger partial charge in [0.15, 0.2) is 0 Å². The van der Waals surface area contributed by atoms with Crippen molar-refractivity contribution in [2.45, 2.75) is 26.8 Å². The number of benzene rings is 1. The van der Waals surface area contributed by atoms with E-state index in [0.717, 1.165) is 15.9 Å². The quantitative estimate of drug-likeness (QED) is 0.944. The average molecular weight is 307 g/mol. The van der Waals surface area contributed by atoms with E-state index in [0.29, 0.717) is 5.95 Å². The van der Waals surface area contributed by atoms with Crippen LogP contribution in [0, 0.1) is 13.8 Å². The molecule has 94 valence electrons. The van der Waals surface area contributed by atoms with Gasteiger partial charge >= 0.3 is 0 Å². The largest absolute Gasteiger partial charge is 0.346 e. The van der Waals surface area contributed by atoms with Crippen molar-refractivity contribution in [3.8, 4) is 0 Å². The summed E-state index contributed by atoms with van der Waals surface area (Å²) in [7, 11) is 0. The third-order valence-electron chi connectivity index (χ3n) is 2.81. The van der Waals surface area contributed by atoms with Gasteiger partial charge in [0, 0.05) is 4.47 Å². The van der Waals surface area contributed by atoms with Crippen LogP contribution in [0.1, 0.15) is 29.9 Å². The zero-order valence-corrected chi connectivity index (χ0v) is 12.2. The van der Waals surface area contributed by atoms with Crippen LogP contribution in [0.3, 0.4) is 0 Å². The fourth-order valence-corrected chi connectivity index (χ4v) is 1.81. The summed E-state index contributed by atoms with van der Waals surface area (Å²) in [5.74, 6) is 0.563. The maximum atomic E-state index is 4.36. The lowest BCUT2D eigenvalue weighted by Crippen LogP contribution is -2.11. The second-order valence-corrected chi connectivity index (χ2v) is 5.14. The van der Waals surface area contributed by atoms with Crippen molar-refractivity contribution in [3.63, 3.8) is 0 Å². The molecule has 0 saturated carbocycles. The Morgan fingerprint density at radius 2 is 1.72 bits per heavy atom. The zero-order chi connectivity index (χ0) is 13.1. The molecule has 0 fully saturated rings. The molecule has 0 aliphatic rings. The molecule has 0 aliphatic heterocycles. The van der Waals surface area contributed by atoms with Crippen molar-refractivity contribution in [2.24, 2.45) is 0 Å². The molecule has 2 aromatic rings. The van der Waals surface area contributed by atoms with Gasteiger partial charge in [-0.1, -0.05) is 28.1 Å². The van der Waals surface area contributed by atoms with Gasteiger partial charge in [0.05, 0.1) is 17.4 Å². The fraction of sp³-hybridized carbons (Fsp3) is 0.308. The van der Waals surface area contributed by atoms with Gasteiger partial charge in [-0.15, -0.1) is 5.10 Å². The summed E-state index contributed by atoms with van der Waals surface area (Å²) in [6.45, 7) is 5.90. The number of nitrogens with zero attached hydrogens (tertiary/aromatic N) is 3. The fourth-order valence-electron chi connectivity index (χ4n) is 1.55. The van der Waals surface area contributed by atoms with E-state index in [9.17, 15) is 0 Å². The molecule has 0 bridgehead atoms. The van der Waals surface area contributed by atoms with Crippen LogP contribution in [0.5, 0.6) is 0 Å². The first-order valence-electron chi connectivity index (χ1n) is 5.76. The molecule has 18 heavy (non-hydrogen) atoms. The Kier molecular flexibility index (Phi) is 3.91. The van der Waals surface area contributed by atoms with Crippen molar-refractivity contribution in [3.05, 3.63) is 45.7 Å². The molecule has 0 aliphatic carbocycles. The van der Waals surface area contributed by atoms with Gasteiger partial charge < -0.3 is 5.32 Å². The van der Waals surface area contributed by atoms with Crippen LogP contribution < -0.4 is 5.32 Å². The normalized spacial score (nSPS) is 12.2. The number of aromatic nitrogens is 3. The van der Waals surface area contributed by atoms with Crippen molar-refractivity contribution in [2.75, 3.05) is 5.32 Å². The van der Waals surface area contributed by atoms with E-state index in [4.69, 9.17) is 0 Å². The summed E-state index contributed by atoms with van der Waals surface area (Å²) in [6, 6.07) is 8.31. The van der Waals surface area contributed by atoms with E-state index >= 15 is 0 Å². The van der Waals surface area contributed by atoms with Crippen LogP contribution in [0.25, 0.3) is 0 Å². The molecule has 1 aromatic carbocycles. The lowest BCUT2D eigenvalue weighted by atomic mass is 10.1. The molecule has 1 unspecified atom stereocenters. The molecule has 2 rings (SSSR count). The van der Waals surface area contributed by atoms with E-state index in [1.807, 2.05) is 26.0 Å². The molecule has 0 amide bonds.